The molecule has 0 fully saturated rings. The van der Waals surface area contributed by atoms with Crippen LogP contribution in [-0.4, -0.2) is 26.5 Å². The summed E-state index contributed by atoms with van der Waals surface area (Å²) in [6.45, 7) is 19.4. The van der Waals surface area contributed by atoms with Crippen LogP contribution in [-0.2, 0) is 12.8 Å². The van der Waals surface area contributed by atoms with Crippen LogP contribution >= 0.6 is 45.3 Å². The van der Waals surface area contributed by atoms with Gasteiger partial charge in [-0.3, -0.25) is 0 Å². The topological polar surface area (TPSA) is 0 Å². The van der Waals surface area contributed by atoms with Gasteiger partial charge in [-0.2, -0.15) is 0 Å². The normalized spacial score (nSPS) is 12.4. The molecule has 4 aromatic rings. The average Bonchev–Trinajstić information content (AvgIpc) is 3.90. The summed E-state index contributed by atoms with van der Waals surface area (Å²) in [7, 11) is -1.35. The molecular formula is C43H68S4SiSn. The number of hydrogen-bond donors (Lipinski definition) is 0. The Labute approximate surface area is 323 Å². The molecule has 4 aromatic heterocycles. The van der Waals surface area contributed by atoms with Gasteiger partial charge in [-0.05, 0) is 6.42 Å². The molecule has 0 aromatic carbocycles. The van der Waals surface area contributed by atoms with Crippen molar-refractivity contribution in [3.8, 4) is 29.3 Å². The Morgan fingerprint density at radius 3 is 1.35 bits per heavy atom. The van der Waals surface area contributed by atoms with E-state index in [4.69, 9.17) is 0 Å². The first-order valence-corrected chi connectivity index (χ1v) is 34.4. The average molecular weight is 860 g/mol. The van der Waals surface area contributed by atoms with E-state index in [0.29, 0.717) is 0 Å². The van der Waals surface area contributed by atoms with Crippen molar-refractivity contribution < 1.29 is 0 Å². The van der Waals surface area contributed by atoms with Crippen molar-refractivity contribution in [1.29, 1.82) is 0 Å². The maximum atomic E-state index is 2.81. The molecule has 0 amide bonds. The number of rotatable bonds is 24. The van der Waals surface area contributed by atoms with Crippen LogP contribution in [0, 0.1) is 0 Å². The zero-order chi connectivity index (χ0) is 35.3. The van der Waals surface area contributed by atoms with Crippen molar-refractivity contribution in [2.24, 2.45) is 0 Å². The Kier molecular flexibility index (Phi) is 17.7. The molecule has 0 bridgehead atoms. The SMILES string of the molecule is CCCCCCc1cc([Si](C)(C)C)sc1-c1ccc(-c2ccc(-c3s[c]([Sn]([CH2]CCC)([CH2]CCC)[CH2]CCC)cc3CCCCCC)s2)s1. The van der Waals surface area contributed by atoms with Gasteiger partial charge in [0.15, 0.2) is 0 Å². The van der Waals surface area contributed by atoms with Gasteiger partial charge in [-0.25, -0.2) is 0 Å². The van der Waals surface area contributed by atoms with Gasteiger partial charge in [0.1, 0.15) is 0 Å². The van der Waals surface area contributed by atoms with Crippen LogP contribution in [0.3, 0.4) is 0 Å². The van der Waals surface area contributed by atoms with Crippen LogP contribution in [0.5, 0.6) is 0 Å². The summed E-state index contributed by atoms with van der Waals surface area (Å²) in [5.74, 6) is 0. The number of thiophene rings is 4. The quantitative estimate of drug-likeness (QED) is 0.0486. The Hall–Kier alpha value is -0.184. The fourth-order valence-electron chi connectivity index (χ4n) is 7.24. The minimum atomic E-state index is -2.49. The second-order valence-corrected chi connectivity index (χ2v) is 39.6. The molecule has 0 aliphatic heterocycles. The zero-order valence-electron chi connectivity index (χ0n) is 32.5. The minimum absolute atomic E-state index is 1.23. The molecule has 0 saturated carbocycles. The Bertz CT molecular complexity index is 1490. The van der Waals surface area contributed by atoms with Crippen molar-refractivity contribution in [3.05, 3.63) is 47.5 Å². The predicted octanol–water partition coefficient (Wildman–Crippen LogP) is 15.8. The van der Waals surface area contributed by atoms with Crippen molar-refractivity contribution >= 4 is 79.2 Å². The molecule has 0 saturated heterocycles. The van der Waals surface area contributed by atoms with Gasteiger partial charge in [0, 0.05) is 0 Å². The first kappa shape index (κ1) is 41.6. The van der Waals surface area contributed by atoms with Gasteiger partial charge in [-0.1, -0.05) is 45.8 Å². The molecule has 0 N–H and O–H groups in total. The van der Waals surface area contributed by atoms with Crippen LogP contribution in [0.1, 0.15) is 136 Å². The molecule has 4 rings (SSSR count). The molecule has 49 heavy (non-hydrogen) atoms. The standard InChI is InChI=1S/C31H41S4Si.3C4H9.Sn/c1-6-8-10-12-14-23-20-21-32-30(23)27-18-16-25(33-27)26-17-19-28(34-26)31-24(15-13-11-9-7-2)22-29(35-31)36(3,4)5;3*1-3-4-2;/h16-20,22H,6-15H2,1-5H3;3*1,3-4H2,2H3;. The van der Waals surface area contributed by atoms with E-state index in [9.17, 15) is 0 Å². The second kappa shape index (κ2) is 20.9. The molecule has 0 unspecified atom stereocenters. The van der Waals surface area contributed by atoms with E-state index < -0.39 is 26.5 Å². The van der Waals surface area contributed by atoms with Gasteiger partial charge in [-0.15, -0.1) is 0 Å². The second-order valence-electron chi connectivity index (χ2n) is 15.7. The molecule has 6 heteroatoms. The van der Waals surface area contributed by atoms with Crippen LogP contribution in [0.4, 0.5) is 0 Å². The summed E-state index contributed by atoms with van der Waals surface area (Å²) < 4.78 is 8.28. The summed E-state index contributed by atoms with van der Waals surface area (Å²) in [5.41, 5.74) is 3.30. The molecular weight excluding hydrogens is 792 g/mol. The summed E-state index contributed by atoms with van der Waals surface area (Å²) in [5, 5.41) is 0. The van der Waals surface area contributed by atoms with Gasteiger partial charge in [0.25, 0.3) is 0 Å². The Balaban J connectivity index is 1.68. The maximum absolute atomic E-state index is 2.81. The molecule has 0 spiro atoms. The third kappa shape index (κ3) is 11.7. The fraction of sp³-hybridized carbons (Fsp3) is 0.628. The van der Waals surface area contributed by atoms with Gasteiger partial charge < -0.3 is 0 Å². The van der Waals surface area contributed by atoms with Crippen LogP contribution in [0.25, 0.3) is 29.3 Å². The predicted molar refractivity (Wildman–Crippen MR) is 237 cm³/mol. The molecule has 272 valence electrons. The summed E-state index contributed by atoms with van der Waals surface area (Å²) in [6.07, 6.45) is 21.6. The van der Waals surface area contributed by atoms with E-state index in [2.05, 4.69) is 125 Å². The van der Waals surface area contributed by atoms with E-state index in [1.807, 2.05) is 14.2 Å². The van der Waals surface area contributed by atoms with Gasteiger partial charge in [0.05, 0.1) is 8.07 Å². The Morgan fingerprint density at radius 1 is 0.469 bits per heavy atom. The monoisotopic (exact) mass is 860 g/mol. The van der Waals surface area contributed by atoms with Crippen LogP contribution in [0.2, 0.25) is 33.0 Å². The molecule has 0 atom stereocenters. The molecule has 0 aliphatic carbocycles. The summed E-state index contributed by atoms with van der Waals surface area (Å²) in [4.78, 5) is 9.13. The van der Waals surface area contributed by atoms with E-state index in [0.717, 1.165) is 0 Å². The Morgan fingerprint density at radius 2 is 0.898 bits per heavy atom. The van der Waals surface area contributed by atoms with Crippen molar-refractivity contribution in [2.45, 2.75) is 170 Å². The van der Waals surface area contributed by atoms with Gasteiger partial charge >= 0.3 is 266 Å². The van der Waals surface area contributed by atoms with E-state index in [1.54, 1.807) is 38.7 Å². The zero-order valence-corrected chi connectivity index (χ0v) is 39.7. The number of aryl methyl sites for hydroxylation is 2. The first-order chi connectivity index (χ1) is 23.7. The number of unbranched alkanes of at least 4 members (excludes halogenated alkanes) is 9. The molecule has 0 nitrogen and oxygen atoms in total. The third-order valence-corrected chi connectivity index (χ3v) is 37.3. The van der Waals surface area contributed by atoms with Crippen LogP contribution in [0.15, 0.2) is 36.4 Å². The van der Waals surface area contributed by atoms with E-state index >= 15 is 0 Å². The van der Waals surface area contributed by atoms with Crippen molar-refractivity contribution in [1.82, 2.24) is 0 Å². The summed E-state index contributed by atoms with van der Waals surface area (Å²) in [6, 6.07) is 15.2. The van der Waals surface area contributed by atoms with Crippen LogP contribution < -0.4 is 7.39 Å². The number of hydrogen-bond acceptors (Lipinski definition) is 4. The molecule has 0 aliphatic rings. The van der Waals surface area contributed by atoms with E-state index in [-0.39, 0.29) is 0 Å². The summed E-state index contributed by atoms with van der Waals surface area (Å²) >= 11 is 6.01. The third-order valence-electron chi connectivity index (χ3n) is 10.4. The fourth-order valence-corrected chi connectivity index (χ4v) is 33.1. The first-order valence-electron chi connectivity index (χ1n) is 20.2. The van der Waals surface area contributed by atoms with E-state index in [1.165, 1.54) is 122 Å². The molecule has 0 radical (unpaired) electrons. The van der Waals surface area contributed by atoms with Crippen molar-refractivity contribution in [3.63, 3.8) is 0 Å². The van der Waals surface area contributed by atoms with Crippen molar-refractivity contribution in [2.75, 3.05) is 0 Å². The van der Waals surface area contributed by atoms with Gasteiger partial charge in [0.2, 0.25) is 0 Å². The molecule has 4 heterocycles.